The van der Waals surface area contributed by atoms with Crippen molar-refractivity contribution in [2.75, 3.05) is 14.1 Å². The van der Waals surface area contributed by atoms with E-state index in [1.165, 1.54) is 47.5 Å². The van der Waals surface area contributed by atoms with Crippen LogP contribution in [-0.2, 0) is 44.9 Å². The van der Waals surface area contributed by atoms with E-state index in [-0.39, 0.29) is 198 Å². The number of aryl methyl sites for hydroxylation is 8. The Kier molecular flexibility index (Phi) is 42.8. The van der Waals surface area contributed by atoms with Crippen molar-refractivity contribution in [3.05, 3.63) is 150 Å². The van der Waals surface area contributed by atoms with Crippen molar-refractivity contribution in [3.8, 4) is 0 Å². The second kappa shape index (κ2) is 43.1. The summed E-state index contributed by atoms with van der Waals surface area (Å²) in [6.07, 6.45) is 3.92. The number of carboxylic acids is 4. The van der Waals surface area contributed by atoms with E-state index in [4.69, 9.17) is 31.4 Å². The topological polar surface area (TPSA) is 323 Å². The molecule has 512 valence electrons. The van der Waals surface area contributed by atoms with E-state index in [9.17, 15) is 39.6 Å². The molecule has 97 heavy (non-hydrogen) atoms. The Bertz CT molecular complexity index is 4030. The zero-order valence-electron chi connectivity index (χ0n) is 56.9. The molecule has 0 aliphatic carbocycles. The molecule has 0 amide bonds. The zero-order chi connectivity index (χ0) is 64.6. The smallest absolute Gasteiger partial charge is 1.00 e. The third-order valence-corrected chi connectivity index (χ3v) is 17.3. The number of aliphatic carboxylic acids is 4. The van der Waals surface area contributed by atoms with E-state index in [2.05, 4.69) is 87.5 Å². The maximum Gasteiger partial charge on any atom is 4.00 e. The SMILES string of the molecule is CCc1c(C)c2cc3[nH]c(cc4nc(cc5nc(cc1[nH]2)C(C)=C5CCC(=O)[O-])C(CCC(=O)[O-])=C4C)c(C)c3CC.CCc1c(C)c2cc3[nH]c(cc4nc(cc5nc(cc1[nH]2)C(C)=C5CCC(=O)[O-])C(CCC(=O)[O-])=C4C)c(C)c3CC.C[NH-].C[NH-].[Cl-].[Cl-].[Cl-].[Cl-].[Cl-].[Cl-].[Sn+4].[Sn+4].[Sn+4]. The van der Waals surface area contributed by atoms with Crippen LogP contribution in [0.25, 0.3) is 100 Å². The van der Waals surface area contributed by atoms with Gasteiger partial charge < -0.3 is 145 Å². The number of aromatic amines is 4. The Morgan fingerprint density at radius 2 is 0.485 bits per heavy atom. The Morgan fingerprint density at radius 3 is 0.670 bits per heavy atom. The van der Waals surface area contributed by atoms with Crippen molar-refractivity contribution < 1.29 is 114 Å². The van der Waals surface area contributed by atoms with Crippen LogP contribution in [0.1, 0.15) is 197 Å². The molecule has 0 unspecified atom stereocenters. The van der Waals surface area contributed by atoms with Gasteiger partial charge in [-0.2, -0.15) is 14.1 Å². The number of allylic oxidation sites excluding steroid dienone is 8. The van der Waals surface area contributed by atoms with Crippen molar-refractivity contribution in [1.29, 1.82) is 0 Å². The van der Waals surface area contributed by atoms with E-state index >= 15 is 0 Å². The summed E-state index contributed by atoms with van der Waals surface area (Å²) in [6.45, 7) is 24.9. The van der Waals surface area contributed by atoms with E-state index in [0.717, 1.165) is 148 Å². The summed E-state index contributed by atoms with van der Waals surface area (Å²) in [4.78, 5) is 80.0. The minimum absolute atomic E-state index is 0. The number of hydrogen-bond donors (Lipinski definition) is 4. The van der Waals surface area contributed by atoms with Gasteiger partial charge in [-0.3, -0.25) is 0 Å². The normalized spacial score (nSPS) is 11.6. The quantitative estimate of drug-likeness (QED) is 0.0658. The Morgan fingerprint density at radius 1 is 0.309 bits per heavy atom. The van der Waals surface area contributed by atoms with Gasteiger partial charge in [0.15, 0.2) is 0 Å². The molecule has 16 bridgehead atoms. The summed E-state index contributed by atoms with van der Waals surface area (Å²) in [5.74, 6) is -4.50. The average molecular weight is 1760 g/mol. The van der Waals surface area contributed by atoms with Crippen molar-refractivity contribution in [3.63, 3.8) is 0 Å². The molecule has 0 atom stereocenters. The first-order valence-electron chi connectivity index (χ1n) is 30.1. The van der Waals surface area contributed by atoms with Crippen LogP contribution in [0.3, 0.4) is 0 Å². The molecule has 0 spiro atoms. The fourth-order valence-corrected chi connectivity index (χ4v) is 12.4. The van der Waals surface area contributed by atoms with Crippen LogP contribution >= 0.6 is 0 Å². The number of nitrogens with one attached hydrogen (secondary N) is 6. The van der Waals surface area contributed by atoms with Gasteiger partial charge >= 0.3 is 71.7 Å². The molecule has 0 fully saturated rings. The number of carbonyl (C=O) groups is 4. The number of halogens is 6. The number of carboxylic acid groups (broad SMARTS) is 4. The maximum absolute atomic E-state index is 11.4. The number of nitrogens with zero attached hydrogens (tertiary/aromatic N) is 4. The monoisotopic (exact) mass is 1760 g/mol. The van der Waals surface area contributed by atoms with Crippen molar-refractivity contribution in [1.82, 2.24) is 39.9 Å². The van der Waals surface area contributed by atoms with Crippen molar-refractivity contribution in [2.45, 2.75) is 160 Å². The number of H-pyrrole nitrogens is 4. The molecule has 6 aromatic rings. The molecular weight excluding hydrogens is 1680 g/mol. The van der Waals surface area contributed by atoms with Gasteiger partial charge in [0.1, 0.15) is 0 Å². The summed E-state index contributed by atoms with van der Waals surface area (Å²) >= 11 is 0. The number of fused-ring (bicyclic) bond motifs is 16. The molecular formula is C70H80Cl6N10O8Sn3. The van der Waals surface area contributed by atoms with Crippen LogP contribution < -0.4 is 94.9 Å². The molecule has 0 radical (unpaired) electrons. The predicted octanol–water partition coefficient (Wildman–Crippen LogP) is -7.83. The zero-order valence-corrected chi connectivity index (χ0v) is 70.0. The minimum Gasteiger partial charge on any atom is -1.00 e. The Hall–Kier alpha value is -4.86. The molecule has 6 aromatic heterocycles. The third kappa shape index (κ3) is 21.6. The molecule has 0 aromatic carbocycles. The summed E-state index contributed by atoms with van der Waals surface area (Å²) in [7, 11) is 2.50. The number of rotatable bonds is 16. The second-order valence-corrected chi connectivity index (χ2v) is 22.2. The van der Waals surface area contributed by atoms with Gasteiger partial charge in [-0.1, -0.05) is 27.7 Å². The van der Waals surface area contributed by atoms with Crippen LogP contribution in [0, 0.1) is 27.7 Å². The maximum atomic E-state index is 11.4. The van der Waals surface area contributed by atoms with E-state index in [1.807, 2.05) is 64.1 Å². The van der Waals surface area contributed by atoms with Gasteiger partial charge in [0, 0.05) is 68.0 Å². The van der Waals surface area contributed by atoms with Crippen LogP contribution in [0.4, 0.5) is 0 Å². The summed E-state index contributed by atoms with van der Waals surface area (Å²) in [6, 6.07) is 16.2. The van der Waals surface area contributed by atoms with Gasteiger partial charge in [0.25, 0.3) is 0 Å². The molecule has 4 aliphatic rings. The number of aromatic nitrogens is 8. The molecule has 10 heterocycles. The van der Waals surface area contributed by atoms with Gasteiger partial charge in [0.2, 0.25) is 0 Å². The molecule has 27 heteroatoms. The first kappa shape index (κ1) is 96.3. The Balaban J connectivity index is -0.00000159. The average Bonchev–Trinajstić information content (AvgIpc) is 1.63. The second-order valence-electron chi connectivity index (χ2n) is 22.2. The molecule has 0 saturated heterocycles. The summed E-state index contributed by atoms with van der Waals surface area (Å²) in [5, 5.41) is 45.7. The molecule has 18 nitrogen and oxygen atoms in total. The minimum atomic E-state index is -1.13. The largest absolute Gasteiger partial charge is 4.00 e. The summed E-state index contributed by atoms with van der Waals surface area (Å²) < 4.78 is 0. The molecule has 10 rings (SSSR count). The first-order valence-corrected chi connectivity index (χ1v) is 30.1. The Labute approximate surface area is 656 Å². The summed E-state index contributed by atoms with van der Waals surface area (Å²) in [5.41, 5.74) is 41.3. The fraction of sp³-hybridized carbons (Fsp3) is 0.371. The third-order valence-electron chi connectivity index (χ3n) is 17.3. The van der Waals surface area contributed by atoms with Crippen LogP contribution in [-0.4, -0.2) is 150 Å². The molecule has 6 N–H and O–H groups in total. The fourth-order valence-electron chi connectivity index (χ4n) is 12.4. The van der Waals surface area contributed by atoms with Crippen molar-refractivity contribution in [2.24, 2.45) is 0 Å². The van der Waals surface area contributed by atoms with E-state index in [0.29, 0.717) is 22.8 Å². The standard InChI is InChI=1S/2C34H38N4O4.2CH4N.6ClH.3Sn/c2*1-7-21-17(3)25-13-26-19(5)23(9-11-33(39)40)31(37-26)16-32-24(10-12-34(41)42)20(6)28(38-32)15-30-22(8-2)18(4)27(36-30)14-29(21)35-25;2*1-2;;;;;;;;;/h2*13-16,35-36H,7-12H2,1-6H3,(H,39,40)(H,41,42);2*2H,1H3;6*1H;;;/q;;2*-1;;;;;;;3*+4/p-10. The van der Waals surface area contributed by atoms with Crippen LogP contribution in [0.2, 0.25) is 0 Å². The van der Waals surface area contributed by atoms with Gasteiger partial charge in [-0.25, -0.2) is 19.9 Å². The van der Waals surface area contributed by atoms with Gasteiger partial charge in [-0.05, 0) is 270 Å². The van der Waals surface area contributed by atoms with E-state index < -0.39 is 23.9 Å². The van der Waals surface area contributed by atoms with Gasteiger partial charge in [-0.15, -0.1) is 0 Å². The van der Waals surface area contributed by atoms with Crippen molar-refractivity contribution >= 4 is 184 Å². The predicted molar refractivity (Wildman–Crippen MR) is 363 cm³/mol. The van der Waals surface area contributed by atoms with E-state index in [1.54, 1.807) is 0 Å². The first-order chi connectivity index (χ1) is 42.0. The molecule has 0 saturated carbocycles. The number of carbonyl (C=O) groups excluding carboxylic acids is 4. The molecule has 4 aliphatic heterocycles. The number of hydrogen-bond acceptors (Lipinski definition) is 12. The van der Waals surface area contributed by atoms with Crippen LogP contribution in [0.15, 0.2) is 48.5 Å². The van der Waals surface area contributed by atoms with Crippen LogP contribution in [0.5, 0.6) is 0 Å². The van der Waals surface area contributed by atoms with Gasteiger partial charge in [0.05, 0.1) is 45.6 Å².